The first kappa shape index (κ1) is 17.6. The van der Waals surface area contributed by atoms with Crippen molar-refractivity contribution >= 4 is 11.7 Å². The molecular weight excluding hydrogens is 331 g/mol. The minimum absolute atomic E-state index is 0.0770. The first-order valence-electron chi connectivity index (χ1n) is 6.65. The van der Waals surface area contributed by atoms with Crippen LogP contribution in [0.25, 0.3) is 11.4 Å². The largest absolute Gasteiger partial charge is 0.471 e. The maximum Gasteiger partial charge on any atom is 0.471 e. The van der Waals surface area contributed by atoms with Crippen LogP contribution in [0.1, 0.15) is 16.2 Å². The van der Waals surface area contributed by atoms with Gasteiger partial charge in [-0.1, -0.05) is 29.4 Å². The van der Waals surface area contributed by atoms with Crippen LogP contribution in [-0.2, 0) is 15.7 Å². The molecule has 0 aliphatic carbocycles. The van der Waals surface area contributed by atoms with Crippen LogP contribution in [-0.4, -0.2) is 42.1 Å². The highest BCUT2D eigenvalue weighted by molar-refractivity contribution is 6.42. The van der Waals surface area contributed by atoms with Gasteiger partial charge in [0.1, 0.15) is 0 Å². The molecule has 128 valence electrons. The zero-order valence-corrected chi connectivity index (χ0v) is 12.4. The Balaban J connectivity index is 2.09. The summed E-state index contributed by atoms with van der Waals surface area (Å²) < 4.78 is 46.1. The lowest BCUT2D eigenvalue weighted by atomic mass is 10.1. The average Bonchev–Trinajstić information content (AvgIpc) is 3.05. The van der Waals surface area contributed by atoms with Crippen molar-refractivity contribution in [3.05, 3.63) is 35.7 Å². The molecule has 1 N–H and O–H groups in total. The number of Topliss-reactive ketones (excluding diaryl/α,β-unsaturated/α-hetero) is 1. The Morgan fingerprint density at radius 3 is 2.46 bits per heavy atom. The third-order valence-corrected chi connectivity index (χ3v) is 2.87. The Morgan fingerprint density at radius 1 is 1.25 bits per heavy atom. The lowest BCUT2D eigenvalue weighted by Crippen LogP contribution is -2.33. The number of ether oxygens (including phenoxy) is 1. The summed E-state index contributed by atoms with van der Waals surface area (Å²) in [5.41, 5.74) is 0.291. The molecule has 10 heteroatoms. The van der Waals surface area contributed by atoms with Crippen LogP contribution >= 0.6 is 0 Å². The second-order valence-electron chi connectivity index (χ2n) is 4.58. The number of aromatic nitrogens is 2. The molecule has 1 amide bonds. The van der Waals surface area contributed by atoms with Crippen LogP contribution in [0, 0.1) is 0 Å². The number of rotatable bonds is 6. The van der Waals surface area contributed by atoms with Crippen LogP contribution in [0.3, 0.4) is 0 Å². The van der Waals surface area contributed by atoms with Crippen LogP contribution in [0.4, 0.5) is 13.2 Å². The summed E-state index contributed by atoms with van der Waals surface area (Å²) in [5.74, 6) is -3.32. The van der Waals surface area contributed by atoms with Gasteiger partial charge >= 0.3 is 12.1 Å². The topological polar surface area (TPSA) is 94.3 Å². The van der Waals surface area contributed by atoms with Crippen molar-refractivity contribution in [2.24, 2.45) is 0 Å². The van der Waals surface area contributed by atoms with E-state index in [1.165, 1.54) is 31.4 Å². The minimum atomic E-state index is -4.73. The number of nitrogens with zero attached hydrogens (tertiary/aromatic N) is 2. The number of halogens is 3. The number of nitrogens with one attached hydrogen (secondary N) is 1. The van der Waals surface area contributed by atoms with Crippen LogP contribution in [0.15, 0.2) is 28.8 Å². The number of benzene rings is 1. The molecule has 1 aromatic heterocycles. The second kappa shape index (κ2) is 7.21. The number of amides is 1. The molecule has 0 aliphatic heterocycles. The third-order valence-electron chi connectivity index (χ3n) is 2.87. The summed E-state index contributed by atoms with van der Waals surface area (Å²) in [6.45, 7) is 0.444. The maximum absolute atomic E-state index is 12.4. The first-order valence-corrected chi connectivity index (χ1v) is 6.65. The number of ketones is 1. The highest BCUT2D eigenvalue weighted by Crippen LogP contribution is 2.29. The Kier molecular flexibility index (Phi) is 5.29. The molecule has 1 aromatic carbocycles. The maximum atomic E-state index is 12.4. The van der Waals surface area contributed by atoms with Gasteiger partial charge < -0.3 is 14.6 Å². The fraction of sp³-hybridized carbons (Fsp3) is 0.286. The lowest BCUT2D eigenvalue weighted by Gasteiger charge is -2.04. The van der Waals surface area contributed by atoms with Gasteiger partial charge in [-0.05, 0) is 0 Å². The average molecular weight is 343 g/mol. The zero-order valence-electron chi connectivity index (χ0n) is 12.4. The van der Waals surface area contributed by atoms with E-state index in [-0.39, 0.29) is 30.1 Å². The summed E-state index contributed by atoms with van der Waals surface area (Å²) in [6.07, 6.45) is -4.73. The van der Waals surface area contributed by atoms with Gasteiger partial charge in [0.25, 0.3) is 5.91 Å². The molecule has 0 fully saturated rings. The molecule has 0 saturated carbocycles. The van der Waals surface area contributed by atoms with Gasteiger partial charge in [0.15, 0.2) is 0 Å². The standard InChI is InChI=1S/C14H12F3N3O4/c1-23-7-6-18-12(22)10(21)8-2-4-9(5-3-8)11-19-13(24-20-11)14(15,16)17/h2-5H,6-7H2,1H3,(H,18,22). The van der Waals surface area contributed by atoms with E-state index < -0.39 is 23.8 Å². The molecule has 0 bridgehead atoms. The molecule has 2 rings (SSSR count). The molecule has 1 heterocycles. The Morgan fingerprint density at radius 2 is 1.92 bits per heavy atom. The minimum Gasteiger partial charge on any atom is -0.383 e. The molecule has 7 nitrogen and oxygen atoms in total. The molecule has 24 heavy (non-hydrogen) atoms. The van der Waals surface area contributed by atoms with Crippen LogP contribution in [0.2, 0.25) is 0 Å². The third kappa shape index (κ3) is 4.16. The van der Waals surface area contributed by atoms with Gasteiger partial charge in [0, 0.05) is 24.8 Å². The summed E-state index contributed by atoms with van der Waals surface area (Å²) in [7, 11) is 1.45. The van der Waals surface area contributed by atoms with Crippen LogP contribution in [0.5, 0.6) is 0 Å². The Bertz CT molecular complexity index is 726. The Hall–Kier alpha value is -2.75. The van der Waals surface area contributed by atoms with Gasteiger partial charge in [-0.25, -0.2) is 0 Å². The van der Waals surface area contributed by atoms with E-state index in [2.05, 4.69) is 20.0 Å². The second-order valence-corrected chi connectivity index (χ2v) is 4.58. The van der Waals surface area contributed by atoms with E-state index in [1.54, 1.807) is 0 Å². The van der Waals surface area contributed by atoms with Crippen molar-refractivity contribution in [3.8, 4) is 11.4 Å². The molecular formula is C14H12F3N3O4. The molecule has 0 spiro atoms. The SMILES string of the molecule is COCCNC(=O)C(=O)c1ccc(-c2noc(C(F)(F)F)n2)cc1. The number of hydrogen-bond donors (Lipinski definition) is 1. The van der Waals surface area contributed by atoms with E-state index >= 15 is 0 Å². The number of hydrogen-bond acceptors (Lipinski definition) is 6. The van der Waals surface area contributed by atoms with E-state index in [0.29, 0.717) is 0 Å². The van der Waals surface area contributed by atoms with Crippen molar-refractivity contribution in [1.29, 1.82) is 0 Å². The normalized spacial score (nSPS) is 11.3. The molecule has 0 aliphatic rings. The van der Waals surface area contributed by atoms with Gasteiger partial charge in [-0.2, -0.15) is 18.2 Å². The highest BCUT2D eigenvalue weighted by Gasteiger charge is 2.38. The van der Waals surface area contributed by atoms with Crippen molar-refractivity contribution in [2.45, 2.75) is 6.18 Å². The highest BCUT2D eigenvalue weighted by atomic mass is 19.4. The quantitative estimate of drug-likeness (QED) is 0.487. The van der Waals surface area contributed by atoms with E-state index in [0.717, 1.165) is 0 Å². The van der Waals surface area contributed by atoms with Gasteiger partial charge in [0.2, 0.25) is 11.6 Å². The summed E-state index contributed by atoms with van der Waals surface area (Å²) >= 11 is 0. The van der Waals surface area contributed by atoms with Gasteiger partial charge in [0.05, 0.1) is 6.61 Å². The van der Waals surface area contributed by atoms with Crippen molar-refractivity contribution in [2.75, 3.05) is 20.3 Å². The predicted octanol–water partition coefficient (Wildman–Crippen LogP) is 1.70. The predicted molar refractivity (Wildman–Crippen MR) is 74.0 cm³/mol. The molecule has 2 aromatic rings. The van der Waals surface area contributed by atoms with Crippen LogP contribution < -0.4 is 5.32 Å². The van der Waals surface area contributed by atoms with E-state index in [4.69, 9.17) is 4.74 Å². The van der Waals surface area contributed by atoms with Crippen molar-refractivity contribution in [1.82, 2.24) is 15.5 Å². The number of carbonyl (C=O) groups excluding carboxylic acids is 2. The first-order chi connectivity index (χ1) is 11.3. The number of alkyl halides is 3. The lowest BCUT2D eigenvalue weighted by molar-refractivity contribution is -0.159. The molecule has 0 radical (unpaired) electrons. The summed E-state index contributed by atoms with van der Waals surface area (Å²) in [5, 5.41) is 5.60. The van der Waals surface area contributed by atoms with Crippen molar-refractivity contribution in [3.63, 3.8) is 0 Å². The fourth-order valence-electron chi connectivity index (χ4n) is 1.70. The zero-order chi connectivity index (χ0) is 17.7. The monoisotopic (exact) mass is 343 g/mol. The summed E-state index contributed by atoms with van der Waals surface area (Å²) in [6, 6.07) is 5.22. The number of carbonyl (C=O) groups is 2. The van der Waals surface area contributed by atoms with Gasteiger partial charge in [-0.3, -0.25) is 9.59 Å². The van der Waals surface area contributed by atoms with Crippen molar-refractivity contribution < 1.29 is 32.0 Å². The van der Waals surface area contributed by atoms with E-state index in [1.807, 2.05) is 0 Å². The molecule has 0 atom stereocenters. The smallest absolute Gasteiger partial charge is 0.383 e. The molecule has 0 saturated heterocycles. The van der Waals surface area contributed by atoms with E-state index in [9.17, 15) is 22.8 Å². The fourth-order valence-corrected chi connectivity index (χ4v) is 1.70. The molecule has 0 unspecified atom stereocenters. The van der Waals surface area contributed by atoms with Gasteiger partial charge in [-0.15, -0.1) is 0 Å². The number of methoxy groups -OCH3 is 1. The Labute approximate surface area is 133 Å². The summed E-state index contributed by atoms with van der Waals surface area (Å²) in [4.78, 5) is 26.7.